The number of carbonyl (C=O) groups is 2. The Morgan fingerprint density at radius 2 is 1.14 bits per heavy atom. The quantitative estimate of drug-likeness (QED) is 0.0802. The zero-order chi connectivity index (χ0) is 46.9. The predicted octanol–water partition coefficient (Wildman–Crippen LogP) is 6.13. The van der Waals surface area contributed by atoms with Crippen LogP contribution in [0.3, 0.4) is 0 Å². The summed E-state index contributed by atoms with van der Waals surface area (Å²) in [6.07, 6.45) is 4.52. The summed E-state index contributed by atoms with van der Waals surface area (Å²) in [6.45, 7) is 7.99. The zero-order valence-corrected chi connectivity index (χ0v) is 37.7. The lowest BCUT2D eigenvalue weighted by atomic mass is 10.0. The Morgan fingerprint density at radius 3 is 1.47 bits per heavy atom. The van der Waals surface area contributed by atoms with Gasteiger partial charge in [0.2, 0.25) is 37.3 Å². The van der Waals surface area contributed by atoms with Gasteiger partial charge in [-0.15, -0.1) is 6.58 Å². The summed E-state index contributed by atoms with van der Waals surface area (Å²) >= 11 is 0. The van der Waals surface area contributed by atoms with E-state index >= 15 is 0 Å². The second-order valence-corrected chi connectivity index (χ2v) is 19.1. The van der Waals surface area contributed by atoms with Crippen LogP contribution in [0.2, 0.25) is 0 Å². The molecule has 64 heavy (non-hydrogen) atoms. The Bertz CT molecular complexity index is 2960. The predicted molar refractivity (Wildman–Crippen MR) is 236 cm³/mol. The largest absolute Gasteiger partial charge is 0.437 e. The molecule has 1 unspecified atom stereocenters. The zero-order valence-electron chi connectivity index (χ0n) is 36.1. The summed E-state index contributed by atoms with van der Waals surface area (Å²) in [5.74, 6) is -1.05. The lowest BCUT2D eigenvalue weighted by Gasteiger charge is -2.18. The minimum atomic E-state index is -3.58. The molecule has 2 amide bonds. The van der Waals surface area contributed by atoms with Crippen molar-refractivity contribution in [1.29, 1.82) is 0 Å². The molecule has 2 saturated heterocycles. The number of hydrogen-bond donors (Lipinski definition) is 2. The second kappa shape index (κ2) is 18.5. The molecule has 6 aromatic rings. The van der Waals surface area contributed by atoms with Crippen LogP contribution < -0.4 is 19.2 Å². The number of halogens is 2. The molecule has 1 atom stereocenters. The number of allylic oxidation sites excluding steroid dienone is 1. The summed E-state index contributed by atoms with van der Waals surface area (Å²) in [4.78, 5) is 42.9. The van der Waals surface area contributed by atoms with E-state index in [1.807, 2.05) is 13.8 Å². The Labute approximate surface area is 368 Å². The fraction of sp³-hybridized carbons (Fsp3) is 0.302. The van der Waals surface area contributed by atoms with Crippen molar-refractivity contribution in [2.24, 2.45) is 0 Å². The number of anilines is 2. The maximum atomic E-state index is 13.4. The topological polar surface area (TPSA) is 223 Å². The van der Waals surface area contributed by atoms with Crippen molar-refractivity contribution in [3.63, 3.8) is 0 Å². The lowest BCUT2D eigenvalue weighted by molar-refractivity contribution is 0.0850. The van der Waals surface area contributed by atoms with Gasteiger partial charge in [-0.2, -0.15) is 19.7 Å². The third-order valence-electron chi connectivity index (χ3n) is 9.82. The molecule has 2 aromatic carbocycles. The third-order valence-corrected chi connectivity index (χ3v) is 12.2. The van der Waals surface area contributed by atoms with Gasteiger partial charge >= 0.3 is 0 Å². The SMILES string of the molecule is C=CCc1cc2c(C(=O)NC)c(-c3ccc(F)cc3)oc2nc1N(C)S(C)(=O)=O.CC1(C)OO1.CNC(=O)c1c(-c2ccc(F)cc2)oc2nc(N(C)S(C)(=O)=O)c(CC3CO3)cc12. The summed E-state index contributed by atoms with van der Waals surface area (Å²) < 4.78 is 94.2. The number of amides is 2. The molecule has 0 radical (unpaired) electrons. The van der Waals surface area contributed by atoms with Crippen LogP contribution in [0.5, 0.6) is 0 Å². The molecule has 2 N–H and O–H groups in total. The molecule has 0 spiro atoms. The molecule has 2 aliphatic heterocycles. The highest BCUT2D eigenvalue weighted by atomic mass is 32.2. The minimum Gasteiger partial charge on any atom is -0.437 e. The molecular formula is C43H46F2N6O11S2. The highest BCUT2D eigenvalue weighted by molar-refractivity contribution is 7.92. The van der Waals surface area contributed by atoms with Gasteiger partial charge in [-0.25, -0.2) is 25.6 Å². The molecular weight excluding hydrogens is 879 g/mol. The van der Waals surface area contributed by atoms with Crippen molar-refractivity contribution < 1.29 is 58.6 Å². The average molecular weight is 925 g/mol. The van der Waals surface area contributed by atoms with E-state index in [2.05, 4.69) is 37.0 Å². The molecule has 21 heteroatoms. The third kappa shape index (κ3) is 10.7. The van der Waals surface area contributed by atoms with Gasteiger partial charge in [0.1, 0.15) is 34.8 Å². The van der Waals surface area contributed by atoms with E-state index in [9.17, 15) is 35.2 Å². The number of epoxide rings is 1. The number of benzene rings is 2. The highest BCUT2D eigenvalue weighted by Crippen LogP contribution is 2.38. The van der Waals surface area contributed by atoms with E-state index in [4.69, 9.17) is 13.6 Å². The molecule has 0 saturated carbocycles. The van der Waals surface area contributed by atoms with E-state index in [1.54, 1.807) is 18.2 Å². The van der Waals surface area contributed by atoms with E-state index in [0.29, 0.717) is 52.5 Å². The molecule has 0 bridgehead atoms. The number of sulfonamides is 2. The maximum Gasteiger partial charge on any atom is 0.255 e. The first-order chi connectivity index (χ1) is 30.1. The van der Waals surface area contributed by atoms with Crippen LogP contribution in [0, 0.1) is 11.6 Å². The number of carbonyl (C=O) groups excluding carboxylic acids is 2. The number of aromatic nitrogens is 2. The number of rotatable bonds is 12. The lowest BCUT2D eigenvalue weighted by Crippen LogP contribution is -2.27. The van der Waals surface area contributed by atoms with Gasteiger partial charge in [0.25, 0.3) is 11.8 Å². The van der Waals surface area contributed by atoms with Crippen LogP contribution in [-0.2, 0) is 47.4 Å². The van der Waals surface area contributed by atoms with Crippen LogP contribution in [-0.4, -0.2) is 97.8 Å². The number of ether oxygens (including phenoxy) is 1. The molecule has 2 aliphatic rings. The standard InChI is InChI=1S/C20H20FN3O5S.C20H20FN3O4S.C3H6O2/c1-22-19(25)16-15-9-12(8-14-10-28-14)18(24(2)30(3,26)27)23-20(15)29-17(16)11-4-6-13(21)7-5-11;1-5-6-13-11-15-16(19(25)22-2)17(12-7-9-14(21)10-8-12)28-20(15)23-18(13)24(3)29(4,26)27;1-3(2)4-5-3/h4-7,9,14H,8,10H2,1-3H3,(H,22,25);5,7-11H,1,6H2,2-4H3,(H,22,25);1-2H3. The van der Waals surface area contributed by atoms with Crippen molar-refractivity contribution in [2.75, 3.05) is 55.9 Å². The van der Waals surface area contributed by atoms with Gasteiger partial charge in [0.05, 0.1) is 47.1 Å². The Hall–Kier alpha value is -6.26. The van der Waals surface area contributed by atoms with Crippen LogP contribution in [0.25, 0.3) is 44.8 Å². The number of pyridine rings is 2. The van der Waals surface area contributed by atoms with Crippen LogP contribution >= 0.6 is 0 Å². The van der Waals surface area contributed by atoms with Crippen molar-refractivity contribution in [3.05, 3.63) is 107 Å². The molecule has 6 heterocycles. The fourth-order valence-electron chi connectivity index (χ4n) is 6.25. The van der Waals surface area contributed by atoms with Gasteiger partial charge in [0, 0.05) is 51.3 Å². The summed E-state index contributed by atoms with van der Waals surface area (Å²) in [7, 11) is -1.37. The molecule has 0 aliphatic carbocycles. The van der Waals surface area contributed by atoms with Crippen molar-refractivity contribution in [2.45, 2.75) is 38.6 Å². The van der Waals surface area contributed by atoms with Crippen LogP contribution in [0.1, 0.15) is 45.7 Å². The van der Waals surface area contributed by atoms with Crippen LogP contribution in [0.4, 0.5) is 20.4 Å². The average Bonchev–Trinajstić information content (AvgIpc) is 4.13. The van der Waals surface area contributed by atoms with Gasteiger partial charge in [-0.05, 0) is 86.5 Å². The Kier molecular flexibility index (Phi) is 13.6. The summed E-state index contributed by atoms with van der Waals surface area (Å²) in [6, 6.07) is 14.4. The van der Waals surface area contributed by atoms with E-state index in [-0.39, 0.29) is 57.6 Å². The fourth-order valence-corrected chi connectivity index (χ4v) is 7.20. The van der Waals surface area contributed by atoms with Gasteiger partial charge in [-0.3, -0.25) is 18.2 Å². The summed E-state index contributed by atoms with van der Waals surface area (Å²) in [5.41, 5.74) is 2.87. The minimum absolute atomic E-state index is 0.0251. The normalized spacial score (nSPS) is 15.0. The number of hydrogen-bond acceptors (Lipinski definition) is 13. The van der Waals surface area contributed by atoms with Crippen molar-refractivity contribution in [3.8, 4) is 22.6 Å². The van der Waals surface area contributed by atoms with Gasteiger partial charge < -0.3 is 24.2 Å². The van der Waals surface area contributed by atoms with E-state index in [1.165, 1.54) is 76.7 Å². The molecule has 8 rings (SSSR count). The monoisotopic (exact) mass is 924 g/mol. The van der Waals surface area contributed by atoms with E-state index in [0.717, 1.165) is 21.1 Å². The molecule has 17 nitrogen and oxygen atoms in total. The number of furan rings is 2. The van der Waals surface area contributed by atoms with Crippen molar-refractivity contribution in [1.82, 2.24) is 20.6 Å². The summed E-state index contributed by atoms with van der Waals surface area (Å²) in [5, 5.41) is 6.01. The molecule has 2 fully saturated rings. The number of nitrogens with one attached hydrogen (secondary N) is 2. The van der Waals surface area contributed by atoms with Crippen molar-refractivity contribution >= 4 is 65.7 Å². The Morgan fingerprint density at radius 1 is 0.766 bits per heavy atom. The molecule has 4 aromatic heterocycles. The van der Waals surface area contributed by atoms with Gasteiger partial charge in [-0.1, -0.05) is 6.08 Å². The first-order valence-corrected chi connectivity index (χ1v) is 23.1. The number of nitrogens with zero attached hydrogens (tertiary/aromatic N) is 4. The Balaban J connectivity index is 0.000000191. The van der Waals surface area contributed by atoms with Gasteiger partial charge in [0.15, 0.2) is 0 Å². The first-order valence-electron chi connectivity index (χ1n) is 19.4. The molecule has 340 valence electrons. The number of fused-ring (bicyclic) bond motifs is 2. The van der Waals surface area contributed by atoms with Crippen LogP contribution in [0.15, 0.2) is 82.2 Å². The first kappa shape index (κ1) is 47.2. The maximum absolute atomic E-state index is 13.4. The highest BCUT2D eigenvalue weighted by Gasteiger charge is 2.36. The second-order valence-electron chi connectivity index (χ2n) is 15.1. The van der Waals surface area contributed by atoms with E-state index < -0.39 is 43.5 Å². The smallest absolute Gasteiger partial charge is 0.255 e.